The molecule has 3 heterocycles. The van der Waals surface area contributed by atoms with Crippen LogP contribution in [0.15, 0.2) is 42.7 Å². The minimum Gasteiger partial charge on any atom is -0.481 e. The van der Waals surface area contributed by atoms with E-state index >= 15 is 0 Å². The van der Waals surface area contributed by atoms with Crippen LogP contribution in [0, 0.1) is 11.3 Å². The number of nitrogens with one attached hydrogen (secondary N) is 1. The summed E-state index contributed by atoms with van der Waals surface area (Å²) in [6.45, 7) is 5.23. The summed E-state index contributed by atoms with van der Waals surface area (Å²) in [7, 11) is 0. The number of rotatable bonds is 6. The molecule has 6 heteroatoms. The van der Waals surface area contributed by atoms with Crippen LogP contribution in [0.1, 0.15) is 24.2 Å². The maximum atomic E-state index is 12.0. The molecule has 2 aromatic rings. The Hall–Kier alpha value is -2.18. The maximum absolute atomic E-state index is 12.0. The third kappa shape index (κ3) is 4.06. The van der Waals surface area contributed by atoms with E-state index in [4.69, 9.17) is 0 Å². The quantitative estimate of drug-likeness (QED) is 0.818. The molecule has 2 saturated heterocycles. The first-order valence-electron chi connectivity index (χ1n) is 9.84. The Morgan fingerprint density at radius 1 is 1.22 bits per heavy atom. The molecule has 144 valence electrons. The van der Waals surface area contributed by atoms with Crippen LogP contribution in [0.4, 0.5) is 0 Å². The zero-order valence-electron chi connectivity index (χ0n) is 15.7. The van der Waals surface area contributed by atoms with Crippen LogP contribution in [0.3, 0.4) is 0 Å². The van der Waals surface area contributed by atoms with Crippen molar-refractivity contribution in [1.29, 1.82) is 0 Å². The van der Waals surface area contributed by atoms with Crippen molar-refractivity contribution in [2.75, 3.05) is 32.7 Å². The lowest BCUT2D eigenvalue weighted by molar-refractivity contribution is -0.146. The fraction of sp³-hybridized carbons (Fsp3) is 0.524. The summed E-state index contributed by atoms with van der Waals surface area (Å²) in [5, 5.41) is 9.85. The number of nitrogens with zero attached hydrogens (tertiary/aromatic N) is 3. The van der Waals surface area contributed by atoms with Gasteiger partial charge in [0.1, 0.15) is 5.82 Å². The summed E-state index contributed by atoms with van der Waals surface area (Å²) in [6.07, 6.45) is 6.51. The van der Waals surface area contributed by atoms with E-state index in [0.29, 0.717) is 6.54 Å². The molecule has 1 aromatic heterocycles. The van der Waals surface area contributed by atoms with Gasteiger partial charge in [-0.2, -0.15) is 0 Å². The first-order valence-corrected chi connectivity index (χ1v) is 9.84. The van der Waals surface area contributed by atoms with Gasteiger partial charge in [-0.15, -0.1) is 0 Å². The summed E-state index contributed by atoms with van der Waals surface area (Å²) in [4.78, 5) is 24.2. The van der Waals surface area contributed by atoms with Gasteiger partial charge in [0.15, 0.2) is 0 Å². The predicted octanol–water partition coefficient (Wildman–Crippen LogP) is 2.25. The first-order chi connectivity index (χ1) is 13.1. The summed E-state index contributed by atoms with van der Waals surface area (Å²) < 4.78 is 0. The molecule has 0 aliphatic carbocycles. The van der Waals surface area contributed by atoms with Gasteiger partial charge in [0.2, 0.25) is 0 Å². The lowest BCUT2D eigenvalue weighted by atomic mass is 9.71. The minimum atomic E-state index is -0.628. The van der Waals surface area contributed by atoms with E-state index in [1.807, 2.05) is 12.3 Å². The highest BCUT2D eigenvalue weighted by Gasteiger charge is 2.51. The normalized spacial score (nSPS) is 23.0. The Bertz CT molecular complexity index is 739. The predicted molar refractivity (Wildman–Crippen MR) is 103 cm³/mol. The van der Waals surface area contributed by atoms with Crippen molar-refractivity contribution in [2.24, 2.45) is 11.3 Å². The Morgan fingerprint density at radius 3 is 2.67 bits per heavy atom. The molecule has 2 fully saturated rings. The number of hydrogen-bond acceptors (Lipinski definition) is 4. The van der Waals surface area contributed by atoms with Crippen molar-refractivity contribution in [3.05, 3.63) is 54.1 Å². The van der Waals surface area contributed by atoms with Crippen molar-refractivity contribution >= 4 is 5.97 Å². The van der Waals surface area contributed by atoms with Gasteiger partial charge in [0, 0.05) is 37.4 Å². The van der Waals surface area contributed by atoms with E-state index in [9.17, 15) is 9.90 Å². The lowest BCUT2D eigenvalue weighted by Gasteiger charge is -2.41. The topological polar surface area (TPSA) is 72.5 Å². The van der Waals surface area contributed by atoms with Crippen molar-refractivity contribution in [3.8, 4) is 0 Å². The number of carbonyl (C=O) groups is 1. The number of hydrogen-bond donors (Lipinski definition) is 2. The molecule has 0 saturated carbocycles. The van der Waals surface area contributed by atoms with Crippen molar-refractivity contribution < 1.29 is 9.90 Å². The molecule has 0 amide bonds. The zero-order chi connectivity index (χ0) is 18.7. The Kier molecular flexibility index (Phi) is 5.27. The Balaban J connectivity index is 1.36. The minimum absolute atomic E-state index is 0.0812. The fourth-order valence-electron chi connectivity index (χ4n) is 4.77. The van der Waals surface area contributed by atoms with Gasteiger partial charge in [-0.1, -0.05) is 30.3 Å². The molecular formula is C21H28N4O2. The third-order valence-corrected chi connectivity index (χ3v) is 6.36. The number of aromatic amines is 1. The van der Waals surface area contributed by atoms with E-state index in [-0.39, 0.29) is 11.3 Å². The van der Waals surface area contributed by atoms with E-state index in [1.54, 1.807) is 6.20 Å². The third-order valence-electron chi connectivity index (χ3n) is 6.36. The van der Waals surface area contributed by atoms with Gasteiger partial charge in [-0.3, -0.25) is 9.69 Å². The van der Waals surface area contributed by atoms with Crippen LogP contribution in [-0.4, -0.2) is 63.6 Å². The number of carboxylic acids is 1. The number of carboxylic acid groups (broad SMARTS) is 1. The average Bonchev–Trinajstić information content (AvgIpc) is 3.31. The molecule has 2 aliphatic rings. The fourth-order valence-corrected chi connectivity index (χ4v) is 4.77. The van der Waals surface area contributed by atoms with E-state index in [0.717, 1.165) is 57.8 Å². The largest absolute Gasteiger partial charge is 0.481 e. The van der Waals surface area contributed by atoms with E-state index in [1.165, 1.54) is 5.56 Å². The van der Waals surface area contributed by atoms with E-state index < -0.39 is 5.97 Å². The lowest BCUT2D eigenvalue weighted by Crippen LogP contribution is -2.45. The molecular weight excluding hydrogens is 340 g/mol. The van der Waals surface area contributed by atoms with Crippen molar-refractivity contribution in [1.82, 2.24) is 19.8 Å². The van der Waals surface area contributed by atoms with Crippen LogP contribution in [0.5, 0.6) is 0 Å². The molecule has 1 spiro atoms. The summed E-state index contributed by atoms with van der Waals surface area (Å²) in [5.74, 6) is 0.104. The zero-order valence-corrected chi connectivity index (χ0v) is 15.7. The molecule has 0 bridgehead atoms. The number of H-pyrrole nitrogens is 1. The average molecular weight is 368 g/mol. The van der Waals surface area contributed by atoms with Gasteiger partial charge in [-0.05, 0) is 37.9 Å². The number of aliphatic carboxylic acids is 1. The van der Waals surface area contributed by atoms with Gasteiger partial charge in [-0.25, -0.2) is 4.98 Å². The molecule has 1 unspecified atom stereocenters. The highest BCUT2D eigenvalue weighted by Crippen LogP contribution is 2.45. The highest BCUT2D eigenvalue weighted by molar-refractivity contribution is 5.72. The molecule has 6 nitrogen and oxygen atoms in total. The molecule has 2 N–H and O–H groups in total. The number of imidazole rings is 1. The van der Waals surface area contributed by atoms with Gasteiger partial charge in [0.25, 0.3) is 0 Å². The molecule has 27 heavy (non-hydrogen) atoms. The first kappa shape index (κ1) is 18.2. The monoisotopic (exact) mass is 368 g/mol. The van der Waals surface area contributed by atoms with Crippen LogP contribution in [0.25, 0.3) is 0 Å². The van der Waals surface area contributed by atoms with Crippen LogP contribution < -0.4 is 0 Å². The summed E-state index contributed by atoms with van der Waals surface area (Å²) >= 11 is 0. The standard InChI is InChI=1S/C21H28N4O2/c26-20(27)18-14-25(11-6-17-4-2-1-3-5-17)16-21(18)7-12-24(13-8-21)15-19-22-9-10-23-19/h1-5,9-10,18H,6-8,11-16H2,(H,22,23)(H,26,27). The molecule has 2 aliphatic heterocycles. The second-order valence-corrected chi connectivity index (χ2v) is 8.04. The number of benzene rings is 1. The van der Waals surface area contributed by atoms with Crippen LogP contribution in [0.2, 0.25) is 0 Å². The van der Waals surface area contributed by atoms with Crippen LogP contribution >= 0.6 is 0 Å². The molecule has 1 atom stereocenters. The van der Waals surface area contributed by atoms with E-state index in [2.05, 4.69) is 44.0 Å². The summed E-state index contributed by atoms with van der Waals surface area (Å²) in [5.41, 5.74) is 1.24. The molecule has 0 radical (unpaired) electrons. The Labute approximate surface area is 160 Å². The molecule has 4 rings (SSSR count). The number of likely N-dealkylation sites (tertiary alicyclic amines) is 2. The van der Waals surface area contributed by atoms with Crippen molar-refractivity contribution in [3.63, 3.8) is 0 Å². The smallest absolute Gasteiger partial charge is 0.308 e. The van der Waals surface area contributed by atoms with Gasteiger partial charge >= 0.3 is 5.97 Å². The SMILES string of the molecule is O=C(O)C1CN(CCc2ccccc2)CC12CCN(Cc1ncc[nH]1)CC2. The summed E-state index contributed by atoms with van der Waals surface area (Å²) in [6, 6.07) is 10.5. The number of aromatic nitrogens is 2. The maximum Gasteiger partial charge on any atom is 0.308 e. The Morgan fingerprint density at radius 2 is 2.00 bits per heavy atom. The highest BCUT2D eigenvalue weighted by atomic mass is 16.4. The second kappa shape index (κ2) is 7.82. The molecule has 1 aromatic carbocycles. The van der Waals surface area contributed by atoms with Gasteiger partial charge in [0.05, 0.1) is 12.5 Å². The van der Waals surface area contributed by atoms with Crippen LogP contribution in [-0.2, 0) is 17.8 Å². The number of piperidine rings is 1. The van der Waals surface area contributed by atoms with Gasteiger partial charge < -0.3 is 15.0 Å². The van der Waals surface area contributed by atoms with Crippen molar-refractivity contribution in [2.45, 2.75) is 25.8 Å². The second-order valence-electron chi connectivity index (χ2n) is 8.04.